The van der Waals surface area contributed by atoms with Crippen LogP contribution in [0.3, 0.4) is 0 Å². The van der Waals surface area contributed by atoms with Crippen LogP contribution in [0.25, 0.3) is 11.6 Å². The average Bonchev–Trinajstić information content (AvgIpc) is 2.93. The number of nitrogens with one attached hydrogen (secondary N) is 2. The van der Waals surface area contributed by atoms with Gasteiger partial charge < -0.3 is 10.3 Å². The molecule has 1 aromatic carbocycles. The Hall–Kier alpha value is -1.81. The van der Waals surface area contributed by atoms with Crippen molar-refractivity contribution in [2.45, 2.75) is 34.1 Å². The average molecular weight is 359 g/mol. The number of rotatable bonds is 2. The van der Waals surface area contributed by atoms with E-state index < -0.39 is 0 Å². The molecule has 0 bridgehead atoms. The van der Waals surface area contributed by atoms with E-state index in [0.29, 0.717) is 0 Å². The van der Waals surface area contributed by atoms with Crippen LogP contribution in [-0.2, 0) is 11.2 Å². The first-order valence-electron chi connectivity index (χ1n) is 7.44. The van der Waals surface area contributed by atoms with Gasteiger partial charge in [0.05, 0.1) is 5.57 Å². The zero-order valence-electron chi connectivity index (χ0n) is 13.2. The molecule has 1 aliphatic rings. The van der Waals surface area contributed by atoms with Crippen molar-refractivity contribution >= 4 is 39.2 Å². The number of benzene rings is 1. The van der Waals surface area contributed by atoms with Gasteiger partial charge in [-0.3, -0.25) is 4.79 Å². The summed E-state index contributed by atoms with van der Waals surface area (Å²) in [6.45, 7) is 8.37. The maximum Gasteiger partial charge on any atom is 0.256 e. The summed E-state index contributed by atoms with van der Waals surface area (Å²) >= 11 is 3.55. The standard InChI is InChI=1S/C18H19BrN2O/c1-5-12-9(2)16(20-11(12)4)8-13-17-10(3)14(19)6-7-15(17)21-18(13)22/h6-8,20H,5H2,1-4H3,(H,21,22). The molecule has 3 rings (SSSR count). The van der Waals surface area contributed by atoms with E-state index in [4.69, 9.17) is 0 Å². The van der Waals surface area contributed by atoms with Crippen LogP contribution in [0.2, 0.25) is 0 Å². The van der Waals surface area contributed by atoms with Gasteiger partial charge in [0.15, 0.2) is 0 Å². The Morgan fingerprint density at radius 1 is 1.18 bits per heavy atom. The molecule has 22 heavy (non-hydrogen) atoms. The summed E-state index contributed by atoms with van der Waals surface area (Å²) in [5, 5.41) is 2.95. The molecular weight excluding hydrogens is 340 g/mol. The highest BCUT2D eigenvalue weighted by Gasteiger charge is 2.27. The van der Waals surface area contributed by atoms with E-state index in [9.17, 15) is 4.79 Å². The SMILES string of the molecule is CCc1c(C)[nH]c(C=C2C(=O)Nc3ccc(Br)c(C)c32)c1C. The van der Waals surface area contributed by atoms with Crippen molar-refractivity contribution in [3.8, 4) is 0 Å². The molecule has 0 unspecified atom stereocenters. The van der Waals surface area contributed by atoms with Crippen molar-refractivity contribution in [2.75, 3.05) is 5.32 Å². The lowest BCUT2D eigenvalue weighted by Gasteiger charge is -2.06. The molecule has 3 nitrogen and oxygen atoms in total. The van der Waals surface area contributed by atoms with Crippen LogP contribution in [0.1, 0.15) is 40.6 Å². The summed E-state index contributed by atoms with van der Waals surface area (Å²) in [6, 6.07) is 3.91. The summed E-state index contributed by atoms with van der Waals surface area (Å²) in [4.78, 5) is 15.8. The highest BCUT2D eigenvalue weighted by Crippen LogP contribution is 2.38. The molecule has 2 N–H and O–H groups in total. The molecule has 0 saturated carbocycles. The molecule has 1 aromatic heterocycles. The summed E-state index contributed by atoms with van der Waals surface area (Å²) in [5.74, 6) is -0.0408. The number of carbonyl (C=O) groups is 1. The summed E-state index contributed by atoms with van der Waals surface area (Å²) in [7, 11) is 0. The number of hydrogen-bond donors (Lipinski definition) is 2. The third-order valence-electron chi connectivity index (χ3n) is 4.43. The lowest BCUT2D eigenvalue weighted by atomic mass is 9.99. The number of aromatic nitrogens is 1. The fourth-order valence-corrected chi connectivity index (χ4v) is 3.54. The van der Waals surface area contributed by atoms with E-state index >= 15 is 0 Å². The van der Waals surface area contributed by atoms with E-state index in [0.717, 1.165) is 39.0 Å². The number of fused-ring (bicyclic) bond motifs is 1. The Balaban J connectivity index is 2.18. The molecule has 114 valence electrons. The fourth-order valence-electron chi connectivity index (χ4n) is 3.21. The van der Waals surface area contributed by atoms with Gasteiger partial charge in [0.2, 0.25) is 0 Å². The largest absolute Gasteiger partial charge is 0.359 e. The summed E-state index contributed by atoms with van der Waals surface area (Å²) < 4.78 is 1.02. The first-order valence-corrected chi connectivity index (χ1v) is 8.23. The predicted molar refractivity (Wildman–Crippen MR) is 95.0 cm³/mol. The maximum absolute atomic E-state index is 12.4. The number of halogens is 1. The molecule has 0 fully saturated rings. The quantitative estimate of drug-likeness (QED) is 0.747. The van der Waals surface area contributed by atoms with Crippen molar-refractivity contribution in [3.05, 3.63) is 50.2 Å². The molecule has 0 atom stereocenters. The molecule has 0 aliphatic carbocycles. The van der Waals surface area contributed by atoms with Gasteiger partial charge in [-0.2, -0.15) is 0 Å². The first-order chi connectivity index (χ1) is 10.4. The molecular formula is C18H19BrN2O. The highest BCUT2D eigenvalue weighted by atomic mass is 79.9. The van der Waals surface area contributed by atoms with E-state index in [2.05, 4.69) is 47.0 Å². The van der Waals surface area contributed by atoms with Crippen LogP contribution in [0.15, 0.2) is 16.6 Å². The minimum absolute atomic E-state index is 0.0408. The number of H-pyrrole nitrogens is 1. The third kappa shape index (κ3) is 2.22. The fraction of sp³-hybridized carbons (Fsp3) is 0.278. The molecule has 1 amide bonds. The normalized spacial score (nSPS) is 15.3. The monoisotopic (exact) mass is 358 g/mol. The second-order valence-corrected chi connectivity index (χ2v) is 6.58. The molecule has 0 spiro atoms. The van der Waals surface area contributed by atoms with Gasteiger partial charge in [0, 0.05) is 27.1 Å². The summed E-state index contributed by atoms with van der Waals surface area (Å²) in [5.41, 5.74) is 8.43. The second kappa shape index (κ2) is 5.43. The van der Waals surface area contributed by atoms with Gasteiger partial charge in [-0.05, 0) is 62.1 Å². The first kappa shape index (κ1) is 15.1. The van der Waals surface area contributed by atoms with Crippen molar-refractivity contribution in [2.24, 2.45) is 0 Å². The van der Waals surface area contributed by atoms with E-state index in [1.165, 1.54) is 16.8 Å². The molecule has 1 aliphatic heterocycles. The molecule has 0 saturated heterocycles. The third-order valence-corrected chi connectivity index (χ3v) is 5.29. The zero-order chi connectivity index (χ0) is 16.0. The van der Waals surface area contributed by atoms with Crippen LogP contribution < -0.4 is 5.32 Å². The number of carbonyl (C=O) groups excluding carboxylic acids is 1. The van der Waals surface area contributed by atoms with Gasteiger partial charge in [-0.15, -0.1) is 0 Å². The van der Waals surface area contributed by atoms with Gasteiger partial charge in [0.25, 0.3) is 5.91 Å². The van der Waals surface area contributed by atoms with Crippen LogP contribution in [0.4, 0.5) is 5.69 Å². The van der Waals surface area contributed by atoms with Crippen LogP contribution in [0.5, 0.6) is 0 Å². The van der Waals surface area contributed by atoms with Crippen LogP contribution >= 0.6 is 15.9 Å². The van der Waals surface area contributed by atoms with Crippen molar-refractivity contribution < 1.29 is 4.79 Å². The zero-order valence-corrected chi connectivity index (χ0v) is 14.8. The smallest absolute Gasteiger partial charge is 0.256 e. The summed E-state index contributed by atoms with van der Waals surface area (Å²) in [6.07, 6.45) is 2.97. The number of hydrogen-bond acceptors (Lipinski definition) is 1. The second-order valence-electron chi connectivity index (χ2n) is 5.73. The van der Waals surface area contributed by atoms with Crippen LogP contribution in [-0.4, -0.2) is 10.9 Å². The molecule has 2 heterocycles. The highest BCUT2D eigenvalue weighted by molar-refractivity contribution is 9.10. The molecule has 2 aromatic rings. The number of amides is 1. The lowest BCUT2D eigenvalue weighted by Crippen LogP contribution is -2.03. The van der Waals surface area contributed by atoms with Gasteiger partial charge in [-0.1, -0.05) is 22.9 Å². The lowest BCUT2D eigenvalue weighted by molar-refractivity contribution is -0.110. The predicted octanol–water partition coefficient (Wildman–Crippen LogP) is 4.76. The number of anilines is 1. The van der Waals surface area contributed by atoms with Crippen molar-refractivity contribution in [1.29, 1.82) is 0 Å². The van der Waals surface area contributed by atoms with Gasteiger partial charge >= 0.3 is 0 Å². The minimum atomic E-state index is -0.0408. The van der Waals surface area contributed by atoms with Crippen LogP contribution in [0, 0.1) is 20.8 Å². The topological polar surface area (TPSA) is 44.9 Å². The molecule has 4 heteroatoms. The minimum Gasteiger partial charge on any atom is -0.359 e. The van der Waals surface area contributed by atoms with E-state index in [1.54, 1.807) is 0 Å². The maximum atomic E-state index is 12.4. The van der Waals surface area contributed by atoms with E-state index in [-0.39, 0.29) is 5.91 Å². The molecule has 0 radical (unpaired) electrons. The Bertz CT molecular complexity index is 815. The Morgan fingerprint density at radius 3 is 2.55 bits per heavy atom. The Morgan fingerprint density at radius 2 is 1.91 bits per heavy atom. The van der Waals surface area contributed by atoms with Crippen molar-refractivity contribution in [1.82, 2.24) is 4.98 Å². The van der Waals surface area contributed by atoms with Crippen molar-refractivity contribution in [3.63, 3.8) is 0 Å². The Labute approximate surface area is 139 Å². The number of aromatic amines is 1. The van der Waals surface area contributed by atoms with Gasteiger partial charge in [-0.25, -0.2) is 0 Å². The number of aryl methyl sites for hydroxylation is 1. The van der Waals surface area contributed by atoms with Gasteiger partial charge in [0.1, 0.15) is 0 Å². The Kier molecular flexibility index (Phi) is 3.73. The van der Waals surface area contributed by atoms with E-state index in [1.807, 2.05) is 25.1 Å².